The number of benzene rings is 2. The first-order chi connectivity index (χ1) is 14.6. The summed E-state index contributed by atoms with van der Waals surface area (Å²) in [5, 5.41) is 12.6. The minimum atomic E-state index is -4.51. The van der Waals surface area contributed by atoms with E-state index in [0.717, 1.165) is 35.0 Å². The molecule has 3 rings (SSSR count). The van der Waals surface area contributed by atoms with Crippen molar-refractivity contribution in [3.63, 3.8) is 0 Å². The number of nitrogens with zero attached hydrogens (tertiary/aromatic N) is 2. The van der Waals surface area contributed by atoms with E-state index in [4.69, 9.17) is 0 Å². The molecule has 0 aromatic heterocycles. The van der Waals surface area contributed by atoms with Gasteiger partial charge < -0.3 is 10.6 Å². The number of amidine groups is 1. The first-order valence-electron chi connectivity index (χ1n) is 9.26. The molecule has 0 radical (unpaired) electrons. The Balaban J connectivity index is 1.60. The van der Waals surface area contributed by atoms with Gasteiger partial charge in [0, 0.05) is 12.1 Å². The number of halogens is 3. The predicted molar refractivity (Wildman–Crippen MR) is 115 cm³/mol. The van der Waals surface area contributed by atoms with Crippen LogP contribution in [-0.2, 0) is 15.8 Å². The summed E-state index contributed by atoms with van der Waals surface area (Å²) in [4.78, 5) is 24.3. The largest absolute Gasteiger partial charge is 0.416 e. The van der Waals surface area contributed by atoms with Crippen molar-refractivity contribution >= 4 is 40.1 Å². The van der Waals surface area contributed by atoms with Crippen LogP contribution in [0.4, 0.5) is 18.9 Å². The van der Waals surface area contributed by atoms with Crippen LogP contribution < -0.4 is 10.6 Å². The van der Waals surface area contributed by atoms with Crippen LogP contribution in [0, 0.1) is 6.92 Å². The molecule has 0 aliphatic carbocycles. The fourth-order valence-electron chi connectivity index (χ4n) is 2.71. The number of carbonyl (C=O) groups is 2. The molecule has 6 nitrogen and oxygen atoms in total. The van der Waals surface area contributed by atoms with Gasteiger partial charge in [-0.1, -0.05) is 47.7 Å². The number of aryl methyl sites for hydroxylation is 1. The van der Waals surface area contributed by atoms with Gasteiger partial charge in [0.1, 0.15) is 5.25 Å². The Morgan fingerprint density at radius 2 is 1.90 bits per heavy atom. The van der Waals surface area contributed by atoms with E-state index in [1.165, 1.54) is 12.1 Å². The first-order valence-corrected chi connectivity index (χ1v) is 10.1. The Morgan fingerprint density at radius 3 is 2.58 bits per heavy atom. The van der Waals surface area contributed by atoms with Crippen LogP contribution in [0.15, 0.2) is 58.7 Å². The minimum Gasteiger partial charge on any atom is -0.326 e. The fourth-order valence-corrected chi connectivity index (χ4v) is 3.63. The van der Waals surface area contributed by atoms with E-state index in [0.29, 0.717) is 5.71 Å². The quantitative estimate of drug-likeness (QED) is 0.527. The summed E-state index contributed by atoms with van der Waals surface area (Å²) >= 11 is 1.05. The van der Waals surface area contributed by atoms with Crippen LogP contribution in [0.5, 0.6) is 0 Å². The van der Waals surface area contributed by atoms with E-state index in [-0.39, 0.29) is 17.3 Å². The molecule has 0 spiro atoms. The van der Waals surface area contributed by atoms with Gasteiger partial charge in [0.25, 0.3) is 0 Å². The molecule has 2 aromatic rings. The van der Waals surface area contributed by atoms with Crippen LogP contribution in [0.25, 0.3) is 0 Å². The topological polar surface area (TPSA) is 82.9 Å². The molecule has 162 valence electrons. The van der Waals surface area contributed by atoms with Crippen molar-refractivity contribution in [1.82, 2.24) is 5.32 Å². The van der Waals surface area contributed by atoms with E-state index in [9.17, 15) is 22.8 Å². The lowest BCUT2D eigenvalue weighted by Crippen LogP contribution is -2.28. The highest BCUT2D eigenvalue weighted by atomic mass is 32.2. The number of hydrogen-bond donors (Lipinski definition) is 2. The molecule has 2 amide bonds. The van der Waals surface area contributed by atoms with E-state index < -0.39 is 28.8 Å². The third-order valence-corrected chi connectivity index (χ3v) is 5.45. The maximum atomic E-state index is 12.8. The second-order valence-corrected chi connectivity index (χ2v) is 8.07. The normalized spacial score (nSPS) is 18.2. The summed E-state index contributed by atoms with van der Waals surface area (Å²) < 4.78 is 38.4. The molecular weight excluding hydrogens is 429 g/mol. The van der Waals surface area contributed by atoms with Crippen molar-refractivity contribution < 1.29 is 22.8 Å². The summed E-state index contributed by atoms with van der Waals surface area (Å²) in [6.45, 7) is 3.76. The Bertz CT molecular complexity index is 1050. The molecule has 1 fully saturated rings. The standard InChI is InChI=1S/C21H19F3N4O2S/c1-12-6-8-14(9-7-12)13(2)27-28-20-26-19(30)17(31-20)11-18(29)25-16-5-3-4-15(10-16)21(22,23)24/h3-10,17H,11H2,1-2H3,(H,25,29)(H,26,28,30)/b27-13-/t17-/m1/s1. The van der Waals surface area contributed by atoms with Crippen LogP contribution in [0.2, 0.25) is 0 Å². The van der Waals surface area contributed by atoms with Crippen molar-refractivity contribution in [1.29, 1.82) is 0 Å². The molecule has 1 aliphatic rings. The van der Waals surface area contributed by atoms with Crippen molar-refractivity contribution in [2.45, 2.75) is 31.7 Å². The molecule has 31 heavy (non-hydrogen) atoms. The number of hydrogen-bond acceptors (Lipinski definition) is 5. The number of alkyl halides is 3. The highest BCUT2D eigenvalue weighted by molar-refractivity contribution is 8.15. The summed E-state index contributed by atoms with van der Waals surface area (Å²) in [6.07, 6.45) is -4.73. The number of amides is 2. The Morgan fingerprint density at radius 1 is 1.19 bits per heavy atom. The molecule has 10 heteroatoms. The van der Waals surface area contributed by atoms with E-state index in [1.807, 2.05) is 31.2 Å². The summed E-state index contributed by atoms with van der Waals surface area (Å²) in [6, 6.07) is 12.0. The number of carbonyl (C=O) groups excluding carboxylic acids is 2. The average molecular weight is 448 g/mol. The summed E-state index contributed by atoms with van der Waals surface area (Å²) in [5.74, 6) is -0.987. The van der Waals surface area contributed by atoms with Crippen LogP contribution in [-0.4, -0.2) is 27.9 Å². The Kier molecular flexibility index (Phi) is 6.79. The maximum Gasteiger partial charge on any atom is 0.416 e. The lowest BCUT2D eigenvalue weighted by Gasteiger charge is -2.10. The molecule has 2 N–H and O–H groups in total. The lowest BCUT2D eigenvalue weighted by molar-refractivity contribution is -0.137. The van der Waals surface area contributed by atoms with Gasteiger partial charge in [-0.05, 0) is 37.6 Å². The molecule has 1 atom stereocenters. The van der Waals surface area contributed by atoms with Crippen LogP contribution >= 0.6 is 11.8 Å². The van der Waals surface area contributed by atoms with E-state index >= 15 is 0 Å². The predicted octanol–water partition coefficient (Wildman–Crippen LogP) is 4.35. The second-order valence-electron chi connectivity index (χ2n) is 6.88. The third kappa shape index (κ3) is 6.17. The number of rotatable bonds is 5. The zero-order chi connectivity index (χ0) is 22.6. The van der Waals surface area contributed by atoms with Gasteiger partial charge in [-0.15, -0.1) is 5.10 Å². The molecular formula is C21H19F3N4O2S. The second kappa shape index (κ2) is 9.34. The summed E-state index contributed by atoms with van der Waals surface area (Å²) in [5.41, 5.74) is 1.81. The lowest BCUT2D eigenvalue weighted by atomic mass is 10.1. The smallest absolute Gasteiger partial charge is 0.326 e. The summed E-state index contributed by atoms with van der Waals surface area (Å²) in [7, 11) is 0. The van der Waals surface area contributed by atoms with Gasteiger partial charge in [-0.2, -0.15) is 18.3 Å². The first kappa shape index (κ1) is 22.5. The van der Waals surface area contributed by atoms with Crippen molar-refractivity contribution in [3.05, 3.63) is 65.2 Å². The SMILES string of the molecule is C/C(=N/N=C1\NC(=O)[C@@H](CC(=O)Nc2cccc(C(F)(F)F)c2)S1)c1ccc(C)cc1. The Labute approximate surface area is 181 Å². The fraction of sp³-hybridized carbons (Fsp3) is 0.238. The maximum absolute atomic E-state index is 12.8. The number of anilines is 1. The Hall–Kier alpha value is -3.14. The van der Waals surface area contributed by atoms with Crippen molar-refractivity contribution in [2.24, 2.45) is 10.2 Å². The van der Waals surface area contributed by atoms with Gasteiger partial charge >= 0.3 is 6.18 Å². The molecule has 1 saturated heterocycles. The zero-order valence-corrected chi connectivity index (χ0v) is 17.5. The van der Waals surface area contributed by atoms with Gasteiger partial charge in [0.15, 0.2) is 5.17 Å². The van der Waals surface area contributed by atoms with E-state index in [2.05, 4.69) is 20.8 Å². The van der Waals surface area contributed by atoms with Gasteiger partial charge in [0.05, 0.1) is 11.3 Å². The molecule has 2 aromatic carbocycles. The van der Waals surface area contributed by atoms with Gasteiger partial charge in [0.2, 0.25) is 11.8 Å². The van der Waals surface area contributed by atoms with Gasteiger partial charge in [-0.25, -0.2) is 0 Å². The van der Waals surface area contributed by atoms with Crippen molar-refractivity contribution in [3.8, 4) is 0 Å². The van der Waals surface area contributed by atoms with Crippen LogP contribution in [0.1, 0.15) is 30.0 Å². The molecule has 1 heterocycles. The van der Waals surface area contributed by atoms with Gasteiger partial charge in [-0.3, -0.25) is 9.59 Å². The molecule has 1 aliphatic heterocycles. The number of thioether (sulfide) groups is 1. The highest BCUT2D eigenvalue weighted by Crippen LogP contribution is 2.31. The highest BCUT2D eigenvalue weighted by Gasteiger charge is 2.33. The van der Waals surface area contributed by atoms with Crippen molar-refractivity contribution in [2.75, 3.05) is 5.32 Å². The van der Waals surface area contributed by atoms with E-state index in [1.54, 1.807) is 6.92 Å². The zero-order valence-electron chi connectivity index (χ0n) is 16.7. The minimum absolute atomic E-state index is 0.00967. The monoisotopic (exact) mass is 448 g/mol. The molecule has 0 unspecified atom stereocenters. The number of nitrogens with one attached hydrogen (secondary N) is 2. The third-order valence-electron chi connectivity index (χ3n) is 4.38. The molecule has 0 bridgehead atoms. The van der Waals surface area contributed by atoms with Crippen LogP contribution in [0.3, 0.4) is 0 Å². The molecule has 0 saturated carbocycles. The average Bonchev–Trinajstić information content (AvgIpc) is 3.05.